The molecule has 16 heavy (non-hydrogen) atoms. The average molecular weight is 223 g/mol. The number of aliphatic hydroxyl groups is 1. The Morgan fingerprint density at radius 1 is 1.62 bits per heavy atom. The van der Waals surface area contributed by atoms with Crippen LogP contribution in [0, 0.1) is 13.8 Å². The molecule has 1 fully saturated rings. The minimum Gasteiger partial charge on any atom is -0.466 e. The van der Waals surface area contributed by atoms with Crippen LogP contribution in [0.25, 0.3) is 0 Å². The third kappa shape index (κ3) is 1.85. The summed E-state index contributed by atoms with van der Waals surface area (Å²) < 4.78 is 5.35. The van der Waals surface area contributed by atoms with E-state index in [0.29, 0.717) is 11.3 Å². The minimum atomic E-state index is -0.0258. The number of aryl methyl sites for hydroxylation is 2. The number of amides is 1. The fourth-order valence-electron chi connectivity index (χ4n) is 2.29. The third-order valence-corrected chi connectivity index (χ3v) is 3.12. The maximum absolute atomic E-state index is 12.2. The molecule has 2 rings (SSSR count). The molecule has 1 aromatic heterocycles. The molecule has 0 spiro atoms. The summed E-state index contributed by atoms with van der Waals surface area (Å²) in [6.45, 7) is 4.40. The van der Waals surface area contributed by atoms with E-state index in [0.717, 1.165) is 25.1 Å². The van der Waals surface area contributed by atoms with Crippen LogP contribution in [0.5, 0.6) is 0 Å². The molecular formula is C12H17NO3. The van der Waals surface area contributed by atoms with Crippen molar-refractivity contribution in [2.45, 2.75) is 32.7 Å². The second kappa shape index (κ2) is 4.29. The molecule has 0 saturated carbocycles. The predicted octanol–water partition coefficient (Wildman–Crippen LogP) is 1.49. The number of carbonyl (C=O) groups excluding carboxylic acids is 1. The monoisotopic (exact) mass is 223 g/mol. The summed E-state index contributed by atoms with van der Waals surface area (Å²) >= 11 is 0. The lowest BCUT2D eigenvalue weighted by Crippen LogP contribution is -2.37. The Bertz CT molecular complexity index is 397. The molecule has 1 aromatic rings. The van der Waals surface area contributed by atoms with Crippen LogP contribution in [0.1, 0.15) is 34.7 Å². The lowest BCUT2D eigenvalue weighted by Gasteiger charge is -2.22. The Kier molecular flexibility index (Phi) is 3.01. The number of rotatable bonds is 2. The van der Waals surface area contributed by atoms with Crippen molar-refractivity contribution in [1.29, 1.82) is 0 Å². The summed E-state index contributed by atoms with van der Waals surface area (Å²) in [5.41, 5.74) is 0.623. The van der Waals surface area contributed by atoms with E-state index in [2.05, 4.69) is 0 Å². The summed E-state index contributed by atoms with van der Waals surface area (Å²) in [6, 6.07) is 1.74. The maximum Gasteiger partial charge on any atom is 0.257 e. The van der Waals surface area contributed by atoms with Crippen LogP contribution in [-0.2, 0) is 0 Å². The molecule has 1 saturated heterocycles. The number of aliphatic hydroxyl groups excluding tert-OH is 1. The van der Waals surface area contributed by atoms with Gasteiger partial charge in [0.1, 0.15) is 11.5 Å². The molecule has 4 nitrogen and oxygen atoms in total. The fourth-order valence-corrected chi connectivity index (χ4v) is 2.29. The first kappa shape index (κ1) is 11.2. The highest BCUT2D eigenvalue weighted by Crippen LogP contribution is 2.22. The molecule has 1 aliphatic rings. The molecule has 0 aromatic carbocycles. The summed E-state index contributed by atoms with van der Waals surface area (Å²) in [7, 11) is 0. The molecule has 2 heterocycles. The molecule has 88 valence electrons. The SMILES string of the molecule is Cc1cc(C(=O)N2CCCC2CO)c(C)o1. The molecule has 1 unspecified atom stereocenters. The van der Waals surface area contributed by atoms with E-state index >= 15 is 0 Å². The van der Waals surface area contributed by atoms with Gasteiger partial charge in [-0.15, -0.1) is 0 Å². The quantitative estimate of drug-likeness (QED) is 0.826. The highest BCUT2D eigenvalue weighted by molar-refractivity contribution is 5.95. The highest BCUT2D eigenvalue weighted by atomic mass is 16.3. The van der Waals surface area contributed by atoms with Crippen LogP contribution in [0.15, 0.2) is 10.5 Å². The van der Waals surface area contributed by atoms with Crippen LogP contribution in [-0.4, -0.2) is 35.1 Å². The third-order valence-electron chi connectivity index (χ3n) is 3.12. The topological polar surface area (TPSA) is 53.7 Å². The Labute approximate surface area is 94.9 Å². The van der Waals surface area contributed by atoms with Gasteiger partial charge in [0.25, 0.3) is 5.91 Å². The normalized spacial score (nSPS) is 20.4. The molecule has 1 N–H and O–H groups in total. The van der Waals surface area contributed by atoms with Crippen molar-refractivity contribution in [2.75, 3.05) is 13.2 Å². The Morgan fingerprint density at radius 3 is 2.94 bits per heavy atom. The average Bonchev–Trinajstić information content (AvgIpc) is 2.83. The zero-order chi connectivity index (χ0) is 11.7. The van der Waals surface area contributed by atoms with Gasteiger partial charge in [0.15, 0.2) is 0 Å². The lowest BCUT2D eigenvalue weighted by molar-refractivity contribution is 0.0676. The van der Waals surface area contributed by atoms with E-state index in [4.69, 9.17) is 4.42 Å². The van der Waals surface area contributed by atoms with E-state index < -0.39 is 0 Å². The summed E-state index contributed by atoms with van der Waals surface area (Å²) in [6.07, 6.45) is 1.85. The van der Waals surface area contributed by atoms with Crippen molar-refractivity contribution >= 4 is 5.91 Å². The second-order valence-electron chi connectivity index (χ2n) is 4.30. The number of hydrogen-bond acceptors (Lipinski definition) is 3. The van der Waals surface area contributed by atoms with E-state index in [1.165, 1.54) is 0 Å². The standard InChI is InChI=1S/C12H17NO3/c1-8-6-11(9(2)16-8)12(15)13-5-3-4-10(13)7-14/h6,10,14H,3-5,7H2,1-2H3. The molecule has 0 aliphatic carbocycles. The number of nitrogens with zero attached hydrogens (tertiary/aromatic N) is 1. The van der Waals surface area contributed by atoms with Gasteiger partial charge in [0.2, 0.25) is 0 Å². The first-order valence-electron chi connectivity index (χ1n) is 5.62. The maximum atomic E-state index is 12.2. The highest BCUT2D eigenvalue weighted by Gasteiger charge is 2.30. The summed E-state index contributed by atoms with van der Waals surface area (Å²) in [5, 5.41) is 9.19. The first-order chi connectivity index (χ1) is 7.63. The molecule has 4 heteroatoms. The first-order valence-corrected chi connectivity index (χ1v) is 5.62. The molecule has 1 atom stereocenters. The van der Waals surface area contributed by atoms with Crippen molar-refractivity contribution in [3.8, 4) is 0 Å². The van der Waals surface area contributed by atoms with Crippen LogP contribution < -0.4 is 0 Å². The minimum absolute atomic E-state index is 0.0223. The van der Waals surface area contributed by atoms with Crippen molar-refractivity contribution < 1.29 is 14.3 Å². The van der Waals surface area contributed by atoms with Crippen LogP contribution in [0.2, 0.25) is 0 Å². The molecule has 0 bridgehead atoms. The number of carbonyl (C=O) groups is 1. The van der Waals surface area contributed by atoms with Crippen molar-refractivity contribution in [1.82, 2.24) is 4.90 Å². The smallest absolute Gasteiger partial charge is 0.257 e. The van der Waals surface area contributed by atoms with E-state index in [-0.39, 0.29) is 18.6 Å². The zero-order valence-electron chi connectivity index (χ0n) is 9.69. The Morgan fingerprint density at radius 2 is 2.38 bits per heavy atom. The van der Waals surface area contributed by atoms with Gasteiger partial charge in [-0.2, -0.15) is 0 Å². The van der Waals surface area contributed by atoms with Gasteiger partial charge < -0.3 is 14.4 Å². The number of hydrogen-bond donors (Lipinski definition) is 1. The van der Waals surface area contributed by atoms with Gasteiger partial charge in [-0.05, 0) is 32.8 Å². The van der Waals surface area contributed by atoms with Crippen molar-refractivity contribution in [3.05, 3.63) is 23.2 Å². The number of likely N-dealkylation sites (tertiary alicyclic amines) is 1. The van der Waals surface area contributed by atoms with Gasteiger partial charge in [0.05, 0.1) is 18.2 Å². The van der Waals surface area contributed by atoms with Crippen LogP contribution >= 0.6 is 0 Å². The summed E-state index contributed by atoms with van der Waals surface area (Å²) in [5.74, 6) is 1.39. The predicted molar refractivity (Wildman–Crippen MR) is 59.3 cm³/mol. The lowest BCUT2D eigenvalue weighted by atomic mass is 10.2. The van der Waals surface area contributed by atoms with Crippen LogP contribution in [0.3, 0.4) is 0 Å². The van der Waals surface area contributed by atoms with Gasteiger partial charge in [-0.25, -0.2) is 0 Å². The molecule has 0 radical (unpaired) electrons. The Hall–Kier alpha value is -1.29. The zero-order valence-corrected chi connectivity index (χ0v) is 9.69. The van der Waals surface area contributed by atoms with Gasteiger partial charge in [0, 0.05) is 6.54 Å². The molecule has 1 amide bonds. The van der Waals surface area contributed by atoms with Crippen LogP contribution in [0.4, 0.5) is 0 Å². The Balaban J connectivity index is 2.21. The second-order valence-corrected chi connectivity index (χ2v) is 4.30. The van der Waals surface area contributed by atoms with Gasteiger partial charge >= 0.3 is 0 Å². The van der Waals surface area contributed by atoms with E-state index in [1.54, 1.807) is 17.9 Å². The van der Waals surface area contributed by atoms with Crippen molar-refractivity contribution in [2.24, 2.45) is 0 Å². The van der Waals surface area contributed by atoms with Gasteiger partial charge in [-0.3, -0.25) is 4.79 Å². The number of furan rings is 1. The van der Waals surface area contributed by atoms with E-state index in [1.807, 2.05) is 6.92 Å². The van der Waals surface area contributed by atoms with E-state index in [9.17, 15) is 9.90 Å². The largest absolute Gasteiger partial charge is 0.466 e. The fraction of sp³-hybridized carbons (Fsp3) is 0.583. The van der Waals surface area contributed by atoms with Gasteiger partial charge in [-0.1, -0.05) is 0 Å². The summed E-state index contributed by atoms with van der Waals surface area (Å²) in [4.78, 5) is 14.0. The van der Waals surface area contributed by atoms with Crippen molar-refractivity contribution in [3.63, 3.8) is 0 Å². The molecular weight excluding hydrogens is 206 g/mol. The molecule has 1 aliphatic heterocycles.